The van der Waals surface area contributed by atoms with Gasteiger partial charge in [0.25, 0.3) is 0 Å². The first-order valence-electron chi connectivity index (χ1n) is 4.01. The van der Waals surface area contributed by atoms with Crippen LogP contribution >= 0.6 is 0 Å². The summed E-state index contributed by atoms with van der Waals surface area (Å²) in [7, 11) is 0. The fraction of sp³-hybridized carbons (Fsp3) is 0.750. The second-order valence-corrected chi connectivity index (χ2v) is 3.69. The zero-order valence-corrected chi connectivity index (χ0v) is 5.95. The fourth-order valence-corrected chi connectivity index (χ4v) is 2.73. The molecule has 2 saturated carbocycles. The van der Waals surface area contributed by atoms with Crippen LogP contribution in [0.1, 0.15) is 12.8 Å². The summed E-state index contributed by atoms with van der Waals surface area (Å²) in [5.41, 5.74) is 0. The van der Waals surface area contributed by atoms with Gasteiger partial charge in [-0.3, -0.25) is 9.59 Å². The lowest BCUT2D eigenvalue weighted by molar-refractivity contribution is -0.145. The molecule has 4 atom stereocenters. The molecule has 1 heterocycles. The Hall–Kier alpha value is -0.860. The van der Waals surface area contributed by atoms with Crippen LogP contribution in [-0.4, -0.2) is 17.9 Å². The standard InChI is InChI=1S/C8H8O3/c9-7-3-1-4-5(2-3)11-8(10)6(4)7/h3-6H,1-2H2. The Kier molecular flexibility index (Phi) is 0.780. The lowest BCUT2D eigenvalue weighted by Crippen LogP contribution is -2.25. The van der Waals surface area contributed by atoms with Crippen LogP contribution in [0.2, 0.25) is 0 Å². The highest BCUT2D eigenvalue weighted by molar-refractivity contribution is 6.04. The summed E-state index contributed by atoms with van der Waals surface area (Å²) in [6.07, 6.45) is 1.79. The van der Waals surface area contributed by atoms with Crippen molar-refractivity contribution in [3.05, 3.63) is 0 Å². The number of fused-ring (bicyclic) bond motifs is 1. The first-order valence-corrected chi connectivity index (χ1v) is 4.01. The molecule has 1 aliphatic heterocycles. The zero-order chi connectivity index (χ0) is 7.59. The Morgan fingerprint density at radius 2 is 2.09 bits per heavy atom. The van der Waals surface area contributed by atoms with E-state index in [0.29, 0.717) is 0 Å². The van der Waals surface area contributed by atoms with Crippen LogP contribution in [0.4, 0.5) is 0 Å². The molecule has 0 radical (unpaired) electrons. The predicted octanol–water partition coefficient (Wildman–Crippen LogP) is 0.137. The first-order chi connectivity index (χ1) is 5.27. The van der Waals surface area contributed by atoms with Crippen molar-refractivity contribution in [3.63, 3.8) is 0 Å². The maximum absolute atomic E-state index is 11.3. The van der Waals surface area contributed by atoms with Crippen molar-refractivity contribution in [2.75, 3.05) is 0 Å². The molecule has 4 unspecified atom stereocenters. The van der Waals surface area contributed by atoms with Crippen molar-refractivity contribution in [2.45, 2.75) is 18.9 Å². The summed E-state index contributed by atoms with van der Waals surface area (Å²) in [5.74, 6) is -0.0704. The molecular weight excluding hydrogens is 144 g/mol. The number of carbonyl (C=O) groups is 2. The van der Waals surface area contributed by atoms with Gasteiger partial charge in [0.2, 0.25) is 0 Å². The van der Waals surface area contributed by atoms with Gasteiger partial charge in [-0.15, -0.1) is 0 Å². The summed E-state index contributed by atoms with van der Waals surface area (Å²) in [5, 5.41) is 0. The highest BCUT2D eigenvalue weighted by atomic mass is 16.6. The van der Waals surface area contributed by atoms with Crippen molar-refractivity contribution in [1.29, 1.82) is 0 Å². The number of esters is 1. The Morgan fingerprint density at radius 3 is 2.73 bits per heavy atom. The second kappa shape index (κ2) is 1.49. The molecule has 3 fully saturated rings. The topological polar surface area (TPSA) is 43.4 Å². The van der Waals surface area contributed by atoms with Crippen LogP contribution in [0.15, 0.2) is 0 Å². The molecule has 3 rings (SSSR count). The molecule has 2 bridgehead atoms. The molecule has 0 spiro atoms. The van der Waals surface area contributed by atoms with Crippen LogP contribution in [0.5, 0.6) is 0 Å². The highest BCUT2D eigenvalue weighted by Gasteiger charge is 2.61. The molecule has 3 aliphatic rings. The minimum atomic E-state index is -0.362. The summed E-state index contributed by atoms with van der Waals surface area (Å²) >= 11 is 0. The van der Waals surface area contributed by atoms with Gasteiger partial charge in [-0.25, -0.2) is 0 Å². The summed E-state index contributed by atoms with van der Waals surface area (Å²) in [4.78, 5) is 22.4. The van der Waals surface area contributed by atoms with E-state index >= 15 is 0 Å². The average molecular weight is 152 g/mol. The van der Waals surface area contributed by atoms with Crippen molar-refractivity contribution in [3.8, 4) is 0 Å². The van der Waals surface area contributed by atoms with Gasteiger partial charge in [0.1, 0.15) is 12.0 Å². The SMILES string of the molecule is O=C1OC2CC3CC2C1C3=O. The van der Waals surface area contributed by atoms with Gasteiger partial charge < -0.3 is 4.74 Å². The number of carbonyl (C=O) groups excluding carboxylic acids is 2. The third kappa shape index (κ3) is 0.481. The molecule has 1 saturated heterocycles. The van der Waals surface area contributed by atoms with Gasteiger partial charge in [0, 0.05) is 11.8 Å². The highest BCUT2D eigenvalue weighted by Crippen LogP contribution is 2.51. The van der Waals surface area contributed by atoms with Gasteiger partial charge in [0.05, 0.1) is 0 Å². The fourth-order valence-electron chi connectivity index (χ4n) is 2.73. The molecule has 58 valence electrons. The largest absolute Gasteiger partial charge is 0.461 e. The Balaban J connectivity index is 2.12. The van der Waals surface area contributed by atoms with Crippen molar-refractivity contribution >= 4 is 11.8 Å². The molecule has 3 heteroatoms. The van der Waals surface area contributed by atoms with Crippen molar-refractivity contribution in [1.82, 2.24) is 0 Å². The molecule has 0 aromatic rings. The van der Waals surface area contributed by atoms with Gasteiger partial charge >= 0.3 is 5.97 Å². The molecule has 0 aromatic heterocycles. The Bertz CT molecular complexity index is 256. The third-order valence-corrected chi connectivity index (χ3v) is 3.21. The van der Waals surface area contributed by atoms with E-state index in [9.17, 15) is 9.59 Å². The molecular formula is C8H8O3. The Labute approximate surface area is 63.7 Å². The van der Waals surface area contributed by atoms with Crippen LogP contribution in [0.3, 0.4) is 0 Å². The van der Waals surface area contributed by atoms with E-state index in [0.717, 1.165) is 12.8 Å². The van der Waals surface area contributed by atoms with Gasteiger partial charge in [-0.1, -0.05) is 0 Å². The quantitative estimate of drug-likeness (QED) is 0.366. The second-order valence-electron chi connectivity index (χ2n) is 3.69. The predicted molar refractivity (Wildman–Crippen MR) is 34.6 cm³/mol. The van der Waals surface area contributed by atoms with E-state index in [1.165, 1.54) is 0 Å². The molecule has 2 aliphatic carbocycles. The number of ketones is 1. The first kappa shape index (κ1) is 5.75. The average Bonchev–Trinajstić information content (AvgIpc) is 2.47. The van der Waals surface area contributed by atoms with Gasteiger partial charge in [0.15, 0.2) is 5.78 Å². The minimum absolute atomic E-state index is 0.0928. The number of ether oxygens (including phenoxy) is 1. The smallest absolute Gasteiger partial charge is 0.317 e. The van der Waals surface area contributed by atoms with Crippen LogP contribution in [0.25, 0.3) is 0 Å². The van der Waals surface area contributed by atoms with Crippen LogP contribution in [0, 0.1) is 17.8 Å². The molecule has 11 heavy (non-hydrogen) atoms. The van der Waals surface area contributed by atoms with Gasteiger partial charge in [-0.2, -0.15) is 0 Å². The summed E-state index contributed by atoms with van der Waals surface area (Å²) in [6, 6.07) is 0. The van der Waals surface area contributed by atoms with Crippen LogP contribution < -0.4 is 0 Å². The van der Waals surface area contributed by atoms with E-state index in [1.807, 2.05) is 0 Å². The Morgan fingerprint density at radius 1 is 1.27 bits per heavy atom. The van der Waals surface area contributed by atoms with E-state index in [2.05, 4.69) is 0 Å². The monoisotopic (exact) mass is 152 g/mol. The normalized spacial score (nSPS) is 52.0. The van der Waals surface area contributed by atoms with E-state index < -0.39 is 0 Å². The zero-order valence-electron chi connectivity index (χ0n) is 5.95. The van der Waals surface area contributed by atoms with E-state index in [-0.39, 0.29) is 35.6 Å². The summed E-state index contributed by atoms with van der Waals surface area (Å²) in [6.45, 7) is 0. The maximum Gasteiger partial charge on any atom is 0.317 e. The molecule has 0 amide bonds. The third-order valence-electron chi connectivity index (χ3n) is 3.21. The maximum atomic E-state index is 11.3. The summed E-state index contributed by atoms with van der Waals surface area (Å²) < 4.78 is 5.05. The minimum Gasteiger partial charge on any atom is -0.461 e. The van der Waals surface area contributed by atoms with Gasteiger partial charge in [-0.05, 0) is 12.8 Å². The van der Waals surface area contributed by atoms with Crippen molar-refractivity contribution in [2.24, 2.45) is 17.8 Å². The number of Topliss-reactive ketones (excluding diaryl/α,β-unsaturated/α-hetero) is 1. The lowest BCUT2D eigenvalue weighted by Gasteiger charge is -2.11. The molecule has 0 aromatic carbocycles. The lowest BCUT2D eigenvalue weighted by atomic mass is 9.89. The van der Waals surface area contributed by atoms with E-state index in [4.69, 9.17) is 4.74 Å². The van der Waals surface area contributed by atoms with Crippen molar-refractivity contribution < 1.29 is 14.3 Å². The number of rotatable bonds is 0. The molecule has 3 nitrogen and oxygen atoms in total. The van der Waals surface area contributed by atoms with Crippen LogP contribution in [-0.2, 0) is 14.3 Å². The molecule has 0 N–H and O–H groups in total. The number of hydrogen-bond donors (Lipinski definition) is 0. The van der Waals surface area contributed by atoms with E-state index in [1.54, 1.807) is 0 Å². The number of hydrogen-bond acceptors (Lipinski definition) is 3.